The molecule has 0 amide bonds. The van der Waals surface area contributed by atoms with Gasteiger partial charge in [-0.25, -0.2) is 4.39 Å². The predicted octanol–water partition coefficient (Wildman–Crippen LogP) is 4.50. The maximum Gasteiger partial charge on any atom is 0.250 e. The number of hydrogen-bond acceptors (Lipinski definition) is 4. The third-order valence-electron chi connectivity index (χ3n) is 5.68. The number of benzene rings is 1. The van der Waals surface area contributed by atoms with Gasteiger partial charge in [-0.2, -0.15) is 0 Å². The summed E-state index contributed by atoms with van der Waals surface area (Å²) in [7, 11) is 0. The molecule has 1 aromatic carbocycles. The van der Waals surface area contributed by atoms with Crippen molar-refractivity contribution in [2.24, 2.45) is 23.7 Å². The average molecular weight is 381 g/mol. The number of terminal acetylenes is 1. The molecule has 0 spiro atoms. The molecule has 0 saturated carbocycles. The van der Waals surface area contributed by atoms with Crippen LogP contribution in [0.5, 0.6) is 0 Å². The summed E-state index contributed by atoms with van der Waals surface area (Å²) in [5.74, 6) is 5.04. The van der Waals surface area contributed by atoms with Gasteiger partial charge in [0.2, 0.25) is 5.89 Å². The first-order valence-electron chi connectivity index (χ1n) is 9.89. The van der Waals surface area contributed by atoms with Crippen LogP contribution in [-0.2, 0) is 6.42 Å². The molecule has 0 bridgehead atoms. The van der Waals surface area contributed by atoms with Crippen molar-refractivity contribution < 1.29 is 8.81 Å². The van der Waals surface area contributed by atoms with Crippen molar-refractivity contribution >= 4 is 0 Å². The van der Waals surface area contributed by atoms with Gasteiger partial charge in [-0.05, 0) is 49.1 Å². The fourth-order valence-electron chi connectivity index (χ4n) is 4.11. The van der Waals surface area contributed by atoms with E-state index in [4.69, 9.17) is 10.8 Å². The summed E-state index contributed by atoms with van der Waals surface area (Å²) >= 11 is 0. The Hall–Kier alpha value is -2.45. The molecule has 0 unspecified atom stereocenters. The van der Waals surface area contributed by atoms with E-state index in [0.29, 0.717) is 48.1 Å². The molecule has 3 rings (SSSR count). The minimum Gasteiger partial charge on any atom is -0.421 e. The maximum absolute atomic E-state index is 14.0. The highest BCUT2D eigenvalue weighted by Gasteiger charge is 2.32. The van der Waals surface area contributed by atoms with E-state index < -0.39 is 0 Å². The lowest BCUT2D eigenvalue weighted by atomic mass is 9.70. The molecule has 1 N–H and O–H groups in total. The van der Waals surface area contributed by atoms with E-state index in [-0.39, 0.29) is 11.7 Å². The van der Waals surface area contributed by atoms with E-state index in [1.807, 2.05) is 0 Å². The Kier molecular flexibility index (Phi) is 6.64. The molecule has 3 atom stereocenters. The second-order valence-corrected chi connectivity index (χ2v) is 7.93. The smallest absolute Gasteiger partial charge is 0.250 e. The molecule has 0 fully saturated rings. The topological polar surface area (TPSA) is 51.0 Å². The van der Waals surface area contributed by atoms with Crippen molar-refractivity contribution in [2.75, 3.05) is 13.1 Å². The van der Waals surface area contributed by atoms with Crippen LogP contribution in [-0.4, -0.2) is 23.3 Å². The lowest BCUT2D eigenvalue weighted by Crippen LogP contribution is -2.35. The summed E-state index contributed by atoms with van der Waals surface area (Å²) in [5.41, 5.74) is 1.69. The fourth-order valence-corrected chi connectivity index (χ4v) is 4.11. The molecule has 1 aliphatic rings. The maximum atomic E-state index is 14.0. The number of hydrogen-bond donors (Lipinski definition) is 1. The first-order valence-corrected chi connectivity index (χ1v) is 9.89. The van der Waals surface area contributed by atoms with E-state index in [9.17, 15) is 4.39 Å². The van der Waals surface area contributed by atoms with E-state index >= 15 is 0 Å². The molecule has 0 radical (unpaired) electrons. The standard InChI is InChI=1S/C23H28FN3O/c1-5-10-25-14-18-11-16(4)17(12-20(18)15(2)3)13-22-26-27-23(28-22)19-8-6-7-9-21(19)24/h1,6-9,11,15,17-18,20,25H,10,12-14H2,2-4H3/t17-,18-,20-/m0/s1. The van der Waals surface area contributed by atoms with Crippen LogP contribution in [0.1, 0.15) is 33.1 Å². The first-order chi connectivity index (χ1) is 13.5. The van der Waals surface area contributed by atoms with Crippen LogP contribution in [0, 0.1) is 41.8 Å². The summed E-state index contributed by atoms with van der Waals surface area (Å²) in [6.45, 7) is 8.21. The monoisotopic (exact) mass is 381 g/mol. The third-order valence-corrected chi connectivity index (χ3v) is 5.68. The highest BCUT2D eigenvalue weighted by molar-refractivity contribution is 5.53. The van der Waals surface area contributed by atoms with Crippen LogP contribution >= 0.6 is 0 Å². The van der Waals surface area contributed by atoms with Crippen molar-refractivity contribution in [1.82, 2.24) is 15.5 Å². The SMILES string of the molecule is C#CCNC[C@@H]1C=C(C)[C@H](Cc2nnc(-c3ccccc3F)o2)C[C@H]1C(C)C. The lowest BCUT2D eigenvalue weighted by Gasteiger charge is -2.37. The van der Waals surface area contributed by atoms with Gasteiger partial charge in [0.05, 0.1) is 12.1 Å². The number of rotatable bonds is 7. The molecule has 4 nitrogen and oxygen atoms in total. The second kappa shape index (κ2) is 9.16. The third kappa shape index (κ3) is 4.69. The van der Waals surface area contributed by atoms with Gasteiger partial charge in [0.15, 0.2) is 0 Å². The molecule has 1 aliphatic carbocycles. The Bertz CT molecular complexity index is 865. The zero-order chi connectivity index (χ0) is 20.1. The number of nitrogens with one attached hydrogen (secondary N) is 1. The van der Waals surface area contributed by atoms with Gasteiger partial charge in [0.1, 0.15) is 5.82 Å². The molecule has 148 valence electrons. The quantitative estimate of drug-likeness (QED) is 0.436. The van der Waals surface area contributed by atoms with E-state index in [1.165, 1.54) is 11.6 Å². The number of allylic oxidation sites excluding steroid dienone is 1. The van der Waals surface area contributed by atoms with E-state index in [1.54, 1.807) is 18.2 Å². The Labute approximate surface area is 166 Å². The summed E-state index contributed by atoms with van der Waals surface area (Å²) in [6.07, 6.45) is 9.47. The molecule has 0 saturated heterocycles. The zero-order valence-corrected chi connectivity index (χ0v) is 16.8. The molecule has 0 aliphatic heterocycles. The number of nitrogens with zero attached hydrogens (tertiary/aromatic N) is 2. The summed E-state index contributed by atoms with van der Waals surface area (Å²) < 4.78 is 19.7. The first kappa shape index (κ1) is 20.3. The van der Waals surface area contributed by atoms with Gasteiger partial charge in [-0.1, -0.05) is 43.5 Å². The normalized spacial score (nSPS) is 22.1. The Morgan fingerprint density at radius 1 is 1.32 bits per heavy atom. The molecule has 28 heavy (non-hydrogen) atoms. The van der Waals surface area contributed by atoms with Gasteiger partial charge in [0, 0.05) is 13.0 Å². The molecule has 2 aromatic rings. The summed E-state index contributed by atoms with van der Waals surface area (Å²) in [5, 5.41) is 11.6. The van der Waals surface area contributed by atoms with Gasteiger partial charge in [-0.3, -0.25) is 0 Å². The van der Waals surface area contributed by atoms with Crippen LogP contribution in [0.4, 0.5) is 4.39 Å². The highest BCUT2D eigenvalue weighted by Crippen LogP contribution is 2.38. The molecular formula is C23H28FN3O. The van der Waals surface area contributed by atoms with Gasteiger partial charge in [0.25, 0.3) is 5.89 Å². The lowest BCUT2D eigenvalue weighted by molar-refractivity contribution is 0.220. The van der Waals surface area contributed by atoms with Crippen molar-refractivity contribution in [2.45, 2.75) is 33.6 Å². The zero-order valence-electron chi connectivity index (χ0n) is 16.8. The van der Waals surface area contributed by atoms with Crippen molar-refractivity contribution in [3.8, 4) is 23.8 Å². The molecule has 1 aromatic heterocycles. The average Bonchev–Trinajstić information content (AvgIpc) is 3.12. The largest absolute Gasteiger partial charge is 0.421 e. The Balaban J connectivity index is 1.73. The summed E-state index contributed by atoms with van der Waals surface area (Å²) in [4.78, 5) is 0. The Morgan fingerprint density at radius 2 is 2.11 bits per heavy atom. The van der Waals surface area contributed by atoms with Gasteiger partial charge in [-0.15, -0.1) is 16.6 Å². The Morgan fingerprint density at radius 3 is 2.82 bits per heavy atom. The van der Waals surface area contributed by atoms with Crippen LogP contribution in [0.3, 0.4) is 0 Å². The fraction of sp³-hybridized carbons (Fsp3) is 0.478. The van der Waals surface area contributed by atoms with E-state index in [2.05, 4.69) is 48.3 Å². The second-order valence-electron chi connectivity index (χ2n) is 7.93. The van der Waals surface area contributed by atoms with Crippen molar-refractivity contribution in [3.05, 3.63) is 47.6 Å². The van der Waals surface area contributed by atoms with Gasteiger partial charge < -0.3 is 9.73 Å². The van der Waals surface area contributed by atoms with Crippen LogP contribution < -0.4 is 5.32 Å². The van der Waals surface area contributed by atoms with Crippen LogP contribution in [0.2, 0.25) is 0 Å². The number of aromatic nitrogens is 2. The minimum absolute atomic E-state index is 0.238. The van der Waals surface area contributed by atoms with Crippen molar-refractivity contribution in [3.63, 3.8) is 0 Å². The predicted molar refractivity (Wildman–Crippen MR) is 109 cm³/mol. The molecular weight excluding hydrogens is 353 g/mol. The van der Waals surface area contributed by atoms with Crippen LogP contribution in [0.15, 0.2) is 40.3 Å². The highest BCUT2D eigenvalue weighted by atomic mass is 19.1. The van der Waals surface area contributed by atoms with Crippen molar-refractivity contribution in [1.29, 1.82) is 0 Å². The number of halogens is 1. The van der Waals surface area contributed by atoms with E-state index in [0.717, 1.165) is 13.0 Å². The minimum atomic E-state index is -0.353. The van der Waals surface area contributed by atoms with Crippen LogP contribution in [0.25, 0.3) is 11.5 Å². The molecule has 5 heteroatoms. The van der Waals surface area contributed by atoms with Gasteiger partial charge >= 0.3 is 0 Å². The summed E-state index contributed by atoms with van der Waals surface area (Å²) in [6, 6.07) is 6.46. The molecule has 1 heterocycles.